The van der Waals surface area contributed by atoms with Gasteiger partial charge in [0.05, 0.1) is 19.1 Å². The largest absolute Gasteiger partial charge is 0.462 e. The molecule has 1 aliphatic heterocycles. The lowest BCUT2D eigenvalue weighted by molar-refractivity contribution is -0.286. The summed E-state index contributed by atoms with van der Waals surface area (Å²) in [4.78, 5) is 0. The van der Waals surface area contributed by atoms with Gasteiger partial charge in [0.1, 0.15) is 36.0 Å². The van der Waals surface area contributed by atoms with Crippen molar-refractivity contribution in [3.8, 4) is 5.75 Å². The minimum atomic E-state index is -4.36. The van der Waals surface area contributed by atoms with Crippen LogP contribution in [0.2, 0.25) is 0 Å². The summed E-state index contributed by atoms with van der Waals surface area (Å²) < 4.78 is 63.7. The molecule has 3 rings (SSSR count). The Morgan fingerprint density at radius 3 is 2.15 bits per heavy atom. The van der Waals surface area contributed by atoms with Gasteiger partial charge in [-0.05, 0) is 35.7 Å². The van der Waals surface area contributed by atoms with Crippen LogP contribution in [0.25, 0.3) is 0 Å². The van der Waals surface area contributed by atoms with Crippen molar-refractivity contribution in [1.82, 2.24) is 0 Å². The summed E-state index contributed by atoms with van der Waals surface area (Å²) in [6.45, 7) is 0.765. The quantitative estimate of drug-likeness (QED) is 0.374. The van der Waals surface area contributed by atoms with Gasteiger partial charge < -0.3 is 35.0 Å². The molecule has 1 saturated heterocycles. The molecular weight excluding hydrogens is 464 g/mol. The molecule has 188 valence electrons. The second-order valence-electron chi connectivity index (χ2n) is 8.30. The summed E-state index contributed by atoms with van der Waals surface area (Å²) in [5.74, 6) is -0.931. The number of rotatable bonds is 7. The Morgan fingerprint density at radius 1 is 0.971 bits per heavy atom. The maximum Gasteiger partial charge on any atom is 0.393 e. The number of aliphatic hydroxyl groups is 5. The zero-order valence-corrected chi connectivity index (χ0v) is 18.1. The topological polar surface area (TPSA) is 120 Å². The molecule has 1 heterocycles. The van der Waals surface area contributed by atoms with Crippen molar-refractivity contribution in [2.45, 2.75) is 69.4 Å². The fraction of sp³-hybridized carbons (Fsp3) is 0.478. The molecule has 0 amide bonds. The Balaban J connectivity index is 1.88. The predicted octanol–water partition coefficient (Wildman–Crippen LogP) is 1.58. The lowest BCUT2D eigenvalue weighted by Crippen LogP contribution is -2.61. The molecular formula is C23H26F4O7. The van der Waals surface area contributed by atoms with E-state index in [1.807, 2.05) is 0 Å². The summed E-state index contributed by atoms with van der Waals surface area (Å²) >= 11 is 0. The van der Waals surface area contributed by atoms with Crippen LogP contribution >= 0.6 is 0 Å². The molecule has 6 atom stereocenters. The number of aliphatic hydroxyl groups excluding tert-OH is 5. The van der Waals surface area contributed by atoms with Crippen LogP contribution in [0.3, 0.4) is 0 Å². The van der Waals surface area contributed by atoms with Gasteiger partial charge >= 0.3 is 6.18 Å². The monoisotopic (exact) mass is 490 g/mol. The van der Waals surface area contributed by atoms with E-state index < -0.39 is 61.8 Å². The van der Waals surface area contributed by atoms with Crippen LogP contribution in [0, 0.1) is 5.82 Å². The van der Waals surface area contributed by atoms with Crippen molar-refractivity contribution in [1.29, 1.82) is 0 Å². The molecule has 11 heteroatoms. The molecule has 0 bridgehead atoms. The minimum absolute atomic E-state index is 0.0363. The fourth-order valence-electron chi connectivity index (χ4n) is 3.74. The third-order valence-electron chi connectivity index (χ3n) is 5.53. The highest BCUT2D eigenvalue weighted by atomic mass is 19.4. The number of ether oxygens (including phenoxy) is 2. The van der Waals surface area contributed by atoms with Gasteiger partial charge in [-0.2, -0.15) is 13.2 Å². The van der Waals surface area contributed by atoms with Gasteiger partial charge in [0.25, 0.3) is 0 Å². The molecule has 0 saturated carbocycles. The van der Waals surface area contributed by atoms with Crippen molar-refractivity contribution in [2.24, 2.45) is 0 Å². The van der Waals surface area contributed by atoms with E-state index >= 15 is 0 Å². The lowest BCUT2D eigenvalue weighted by atomic mass is 9.96. The number of halogens is 4. The van der Waals surface area contributed by atoms with E-state index in [2.05, 4.69) is 0 Å². The van der Waals surface area contributed by atoms with E-state index in [9.17, 15) is 43.1 Å². The van der Waals surface area contributed by atoms with Gasteiger partial charge in [-0.3, -0.25) is 0 Å². The van der Waals surface area contributed by atoms with Crippen molar-refractivity contribution in [3.05, 3.63) is 64.5 Å². The van der Waals surface area contributed by atoms with Crippen molar-refractivity contribution >= 4 is 0 Å². The summed E-state index contributed by atoms with van der Waals surface area (Å²) in [5.41, 5.74) is 0.605. The van der Waals surface area contributed by atoms with E-state index in [-0.39, 0.29) is 28.9 Å². The summed E-state index contributed by atoms with van der Waals surface area (Å²) in [6, 6.07) is 7.75. The van der Waals surface area contributed by atoms with Crippen LogP contribution in [0.5, 0.6) is 5.75 Å². The normalized spacial score (nSPS) is 26.4. The van der Waals surface area contributed by atoms with Gasteiger partial charge in [-0.1, -0.05) is 24.3 Å². The second kappa shape index (κ2) is 10.5. The molecule has 5 N–H and O–H groups in total. The SMILES string of the molecule is CC(O)[C@H]1O[C@@H](Oc2cc(CO)cc(F)c2Cc2ccc(CC(F)(F)F)cc2)[C@H](O)[C@@H](O)[C@@H]1O. The molecule has 0 radical (unpaired) electrons. The number of hydrogen-bond acceptors (Lipinski definition) is 7. The molecule has 0 aromatic heterocycles. The minimum Gasteiger partial charge on any atom is -0.462 e. The van der Waals surface area contributed by atoms with Gasteiger partial charge in [0.2, 0.25) is 6.29 Å². The van der Waals surface area contributed by atoms with E-state index in [1.165, 1.54) is 37.3 Å². The standard InChI is InChI=1S/C23H26F4O7/c1-11(29)21-19(31)18(30)20(32)22(34-21)33-17-8-14(10-28)7-16(24)15(17)6-12-2-4-13(5-3-12)9-23(25,26)27/h2-5,7-8,11,18-22,28-32H,6,9-10H2,1H3/t11?,18-,19-,20+,21+,22+/m0/s1. The highest BCUT2D eigenvalue weighted by Crippen LogP contribution is 2.32. The number of hydrogen-bond donors (Lipinski definition) is 5. The molecule has 1 aliphatic rings. The Kier molecular flexibility index (Phi) is 8.17. The molecule has 2 aromatic rings. The first-order valence-corrected chi connectivity index (χ1v) is 10.5. The average molecular weight is 490 g/mol. The maximum atomic E-state index is 14.9. The predicted molar refractivity (Wildman–Crippen MR) is 110 cm³/mol. The first kappa shape index (κ1) is 26.3. The van der Waals surface area contributed by atoms with Gasteiger partial charge in [-0.25, -0.2) is 4.39 Å². The van der Waals surface area contributed by atoms with Crippen molar-refractivity contribution in [3.63, 3.8) is 0 Å². The summed E-state index contributed by atoms with van der Waals surface area (Å²) in [5, 5.41) is 49.7. The van der Waals surface area contributed by atoms with E-state index in [0.717, 1.165) is 6.07 Å². The van der Waals surface area contributed by atoms with Crippen molar-refractivity contribution in [2.75, 3.05) is 0 Å². The molecule has 2 aromatic carbocycles. The van der Waals surface area contributed by atoms with E-state index in [4.69, 9.17) is 9.47 Å². The number of benzene rings is 2. The highest BCUT2D eigenvalue weighted by Gasteiger charge is 2.46. The third kappa shape index (κ3) is 6.23. The Morgan fingerprint density at radius 2 is 1.59 bits per heavy atom. The van der Waals surface area contributed by atoms with Crippen LogP contribution in [-0.2, 0) is 24.2 Å². The molecule has 1 unspecified atom stereocenters. The summed E-state index contributed by atoms with van der Waals surface area (Å²) in [6.07, 6.45) is -14.8. The van der Waals surface area contributed by atoms with E-state index in [0.29, 0.717) is 5.56 Å². The fourth-order valence-corrected chi connectivity index (χ4v) is 3.74. The van der Waals surface area contributed by atoms with Crippen LogP contribution in [-0.4, -0.2) is 68.5 Å². The van der Waals surface area contributed by atoms with Crippen molar-refractivity contribution < 1.29 is 52.6 Å². The van der Waals surface area contributed by atoms with Gasteiger partial charge in [0, 0.05) is 12.0 Å². The van der Waals surface area contributed by atoms with Gasteiger partial charge in [0.15, 0.2) is 0 Å². The molecule has 0 aliphatic carbocycles. The Bertz CT molecular complexity index is 965. The smallest absolute Gasteiger partial charge is 0.393 e. The molecule has 34 heavy (non-hydrogen) atoms. The van der Waals surface area contributed by atoms with Crippen LogP contribution in [0.1, 0.15) is 29.2 Å². The average Bonchev–Trinajstić information content (AvgIpc) is 2.76. The molecule has 0 spiro atoms. The van der Waals surface area contributed by atoms with Gasteiger partial charge in [-0.15, -0.1) is 0 Å². The molecule has 7 nitrogen and oxygen atoms in total. The zero-order valence-electron chi connectivity index (χ0n) is 18.1. The molecule has 1 fully saturated rings. The maximum absolute atomic E-state index is 14.9. The van der Waals surface area contributed by atoms with Crippen LogP contribution in [0.4, 0.5) is 17.6 Å². The van der Waals surface area contributed by atoms with Crippen LogP contribution < -0.4 is 4.74 Å². The van der Waals surface area contributed by atoms with Crippen LogP contribution in [0.15, 0.2) is 36.4 Å². The zero-order chi connectivity index (χ0) is 25.2. The summed E-state index contributed by atoms with van der Waals surface area (Å²) in [7, 11) is 0. The number of alkyl halides is 3. The first-order chi connectivity index (χ1) is 15.9. The third-order valence-corrected chi connectivity index (χ3v) is 5.53. The van der Waals surface area contributed by atoms with E-state index in [1.54, 1.807) is 0 Å². The second-order valence-corrected chi connectivity index (χ2v) is 8.30. The highest BCUT2D eigenvalue weighted by molar-refractivity contribution is 5.42. The Labute approximate surface area is 192 Å². The first-order valence-electron chi connectivity index (χ1n) is 10.5. The lowest BCUT2D eigenvalue weighted by Gasteiger charge is -2.41. The Hall–Kier alpha value is -2.28.